The first-order chi connectivity index (χ1) is 19.6. The molecule has 1 saturated carbocycles. The minimum Gasteiger partial charge on any atom is -0.468 e. The molecular weight excluding hydrogens is 539 g/mol. The summed E-state index contributed by atoms with van der Waals surface area (Å²) in [4.78, 5) is 46.5. The number of nitrogens with one attached hydrogen (secondary N) is 1. The molecule has 0 atom stereocenters. The van der Waals surface area contributed by atoms with Crippen LogP contribution >= 0.6 is 0 Å². The van der Waals surface area contributed by atoms with Crippen LogP contribution in [0.5, 0.6) is 0 Å². The number of Topliss-reactive ketones (excluding diaryl/α,β-unsaturated/α-hetero) is 1. The van der Waals surface area contributed by atoms with Crippen LogP contribution in [0.4, 0.5) is 18.9 Å². The number of pyridine rings is 1. The summed E-state index contributed by atoms with van der Waals surface area (Å²) in [5.74, 6) is -3.73. The topological polar surface area (TPSA) is 111 Å². The number of anilines is 1. The number of alkyl halides is 3. The molecule has 1 amide bonds. The molecule has 0 bridgehead atoms. The maximum absolute atomic E-state index is 13.6. The molecule has 1 aliphatic rings. The average molecular weight is 564 g/mol. The second kappa shape index (κ2) is 11.0. The van der Waals surface area contributed by atoms with Gasteiger partial charge in [-0.2, -0.15) is 13.2 Å². The van der Waals surface area contributed by atoms with E-state index in [-0.39, 0.29) is 17.4 Å². The molecule has 0 spiro atoms. The highest BCUT2D eigenvalue weighted by Gasteiger charge is 2.49. The van der Waals surface area contributed by atoms with Crippen LogP contribution in [0, 0.1) is 5.41 Å². The number of ether oxygens (including phenoxy) is 1. The fraction of sp³-hybridized carbons (Fsp3) is 0.233. The molecule has 0 aliphatic heterocycles. The molecule has 8 nitrogen and oxygen atoms in total. The van der Waals surface area contributed by atoms with Gasteiger partial charge >= 0.3 is 12.1 Å². The van der Waals surface area contributed by atoms with Gasteiger partial charge in [0.15, 0.2) is 11.5 Å². The molecule has 5 rings (SSSR count). The monoisotopic (exact) mass is 563 g/mol. The summed E-state index contributed by atoms with van der Waals surface area (Å²) in [6.45, 7) is 0. The quantitative estimate of drug-likeness (QED) is 0.153. The lowest BCUT2D eigenvalue weighted by atomic mass is 9.78. The third-order valence-electron chi connectivity index (χ3n) is 7.05. The second-order valence-corrected chi connectivity index (χ2v) is 9.63. The van der Waals surface area contributed by atoms with E-state index in [0.29, 0.717) is 35.2 Å². The smallest absolute Gasteiger partial charge is 0.452 e. The number of benzene rings is 2. The summed E-state index contributed by atoms with van der Waals surface area (Å²) in [5, 5.41) is 2.38. The largest absolute Gasteiger partial charge is 0.468 e. The van der Waals surface area contributed by atoms with Crippen molar-refractivity contribution in [2.75, 3.05) is 12.4 Å². The van der Waals surface area contributed by atoms with Gasteiger partial charge in [-0.15, -0.1) is 0 Å². The molecule has 210 valence electrons. The number of methoxy groups -OCH3 is 1. The van der Waals surface area contributed by atoms with Gasteiger partial charge in [-0.3, -0.25) is 19.4 Å². The number of carbonyl (C=O) groups is 3. The molecule has 1 N–H and O–H groups in total. The number of hydrogen-bond donors (Lipinski definition) is 1. The van der Waals surface area contributed by atoms with Gasteiger partial charge in [-0.25, -0.2) is 4.98 Å². The lowest BCUT2D eigenvalue weighted by molar-refractivity contribution is -0.153. The Hall–Kier alpha value is -4.80. The second-order valence-electron chi connectivity index (χ2n) is 9.63. The Balaban J connectivity index is 1.32. The van der Waals surface area contributed by atoms with Gasteiger partial charge in [0.1, 0.15) is 5.41 Å². The maximum atomic E-state index is 13.6. The summed E-state index contributed by atoms with van der Waals surface area (Å²) in [5.41, 5.74) is -0.0913. The van der Waals surface area contributed by atoms with Crippen LogP contribution in [0.1, 0.15) is 52.3 Å². The Labute approximate surface area is 232 Å². The Bertz CT molecular complexity index is 1570. The summed E-state index contributed by atoms with van der Waals surface area (Å²) >= 11 is 0. The maximum Gasteiger partial charge on any atom is 0.452 e. The first-order valence-corrected chi connectivity index (χ1v) is 12.8. The Morgan fingerprint density at radius 3 is 2.20 bits per heavy atom. The summed E-state index contributed by atoms with van der Waals surface area (Å²) < 4.78 is 50.6. The van der Waals surface area contributed by atoms with E-state index >= 15 is 0 Å². The van der Waals surface area contributed by atoms with Gasteiger partial charge in [0, 0.05) is 16.7 Å². The molecule has 41 heavy (non-hydrogen) atoms. The molecule has 1 fully saturated rings. The van der Waals surface area contributed by atoms with E-state index in [1.807, 2.05) is 0 Å². The standard InChI is InChI=1S/C30H24F3N3O5/c1-40-28(39)29(15-5-6-16-29)24(37)19-11-9-18(10-12-19)22-14-13-21(17-34-22)35-26(38)23-25(30(31,32)33)41-27(36-23)20-7-3-2-4-8-20/h2-4,7-14,17H,5-6,15-16H2,1H3,(H,35,38). The first kappa shape index (κ1) is 27.8. The van der Waals surface area contributed by atoms with Crippen molar-refractivity contribution in [1.82, 2.24) is 9.97 Å². The average Bonchev–Trinajstić information content (AvgIpc) is 3.67. The summed E-state index contributed by atoms with van der Waals surface area (Å²) in [7, 11) is 1.28. The number of oxazole rings is 1. The van der Waals surface area contributed by atoms with Crippen molar-refractivity contribution >= 4 is 23.3 Å². The van der Waals surface area contributed by atoms with Crippen LogP contribution in [0.25, 0.3) is 22.7 Å². The third kappa shape index (κ3) is 5.47. The number of amides is 1. The molecule has 0 unspecified atom stereocenters. The number of aromatic nitrogens is 2. The van der Waals surface area contributed by atoms with Crippen LogP contribution in [0.15, 0.2) is 77.3 Å². The number of nitrogens with zero attached hydrogens (tertiary/aromatic N) is 2. The van der Waals surface area contributed by atoms with Crippen LogP contribution in [-0.4, -0.2) is 34.7 Å². The highest BCUT2D eigenvalue weighted by Crippen LogP contribution is 2.42. The van der Waals surface area contributed by atoms with Crippen LogP contribution in [0.2, 0.25) is 0 Å². The first-order valence-electron chi connectivity index (χ1n) is 12.8. The van der Waals surface area contributed by atoms with Crippen LogP contribution in [0.3, 0.4) is 0 Å². The molecule has 0 saturated heterocycles. The zero-order valence-electron chi connectivity index (χ0n) is 21.8. The lowest BCUT2D eigenvalue weighted by Gasteiger charge is -2.24. The fourth-order valence-corrected chi connectivity index (χ4v) is 4.97. The van der Waals surface area contributed by atoms with Gasteiger partial charge in [0.2, 0.25) is 11.7 Å². The molecule has 11 heteroatoms. The SMILES string of the molecule is COC(=O)C1(C(=O)c2ccc(-c3ccc(NC(=O)c4nc(-c5ccccc5)oc4C(F)(F)F)cn3)cc2)CCCC1. The van der Waals surface area contributed by atoms with Crippen molar-refractivity contribution in [2.45, 2.75) is 31.9 Å². The van der Waals surface area contributed by atoms with Crippen LogP contribution < -0.4 is 5.32 Å². The Morgan fingerprint density at radius 2 is 1.61 bits per heavy atom. The van der Waals surface area contributed by atoms with E-state index in [0.717, 1.165) is 12.8 Å². The molecule has 2 heterocycles. The van der Waals surface area contributed by atoms with Crippen molar-refractivity contribution in [1.29, 1.82) is 0 Å². The predicted molar refractivity (Wildman–Crippen MR) is 142 cm³/mol. The van der Waals surface area contributed by atoms with E-state index in [9.17, 15) is 27.6 Å². The molecule has 2 aromatic heterocycles. The van der Waals surface area contributed by atoms with E-state index in [2.05, 4.69) is 15.3 Å². The third-order valence-corrected chi connectivity index (χ3v) is 7.05. The van der Waals surface area contributed by atoms with E-state index in [4.69, 9.17) is 9.15 Å². The highest BCUT2D eigenvalue weighted by atomic mass is 19.4. The number of esters is 1. The number of ketones is 1. The molecular formula is C30H24F3N3O5. The predicted octanol–water partition coefficient (Wildman–Crippen LogP) is 6.59. The van der Waals surface area contributed by atoms with Crippen molar-refractivity contribution in [3.8, 4) is 22.7 Å². The van der Waals surface area contributed by atoms with Crippen molar-refractivity contribution in [3.63, 3.8) is 0 Å². The van der Waals surface area contributed by atoms with Crippen LogP contribution in [-0.2, 0) is 15.7 Å². The lowest BCUT2D eigenvalue weighted by Crippen LogP contribution is -2.37. The zero-order chi connectivity index (χ0) is 29.2. The zero-order valence-corrected chi connectivity index (χ0v) is 21.8. The Morgan fingerprint density at radius 1 is 0.927 bits per heavy atom. The van der Waals surface area contributed by atoms with Crippen molar-refractivity contribution in [3.05, 3.63) is 89.9 Å². The number of hydrogen-bond acceptors (Lipinski definition) is 7. The van der Waals surface area contributed by atoms with E-state index < -0.39 is 34.9 Å². The number of halogens is 3. The van der Waals surface area contributed by atoms with Crippen molar-refractivity contribution < 1.29 is 36.7 Å². The number of rotatable bonds is 7. The molecule has 1 aliphatic carbocycles. The molecule has 0 radical (unpaired) electrons. The minimum absolute atomic E-state index is 0.143. The van der Waals surface area contributed by atoms with E-state index in [1.165, 1.54) is 31.5 Å². The molecule has 4 aromatic rings. The van der Waals surface area contributed by atoms with Gasteiger partial charge in [0.25, 0.3) is 5.91 Å². The summed E-state index contributed by atoms with van der Waals surface area (Å²) in [6.07, 6.45) is -1.20. The fourth-order valence-electron chi connectivity index (χ4n) is 4.97. The van der Waals surface area contributed by atoms with Gasteiger partial charge in [0.05, 0.1) is 24.7 Å². The summed E-state index contributed by atoms with van der Waals surface area (Å²) in [6, 6.07) is 17.6. The Kier molecular flexibility index (Phi) is 7.44. The van der Waals surface area contributed by atoms with Gasteiger partial charge in [-0.1, -0.05) is 55.3 Å². The van der Waals surface area contributed by atoms with Gasteiger partial charge in [-0.05, 0) is 37.1 Å². The minimum atomic E-state index is -4.93. The van der Waals surface area contributed by atoms with Gasteiger partial charge < -0.3 is 14.5 Å². The van der Waals surface area contributed by atoms with E-state index in [1.54, 1.807) is 48.5 Å². The molecule has 2 aromatic carbocycles. The number of carbonyl (C=O) groups excluding carboxylic acids is 3. The highest BCUT2D eigenvalue weighted by molar-refractivity contribution is 6.12. The normalized spacial score (nSPS) is 14.4. The van der Waals surface area contributed by atoms with Crippen molar-refractivity contribution in [2.24, 2.45) is 5.41 Å².